The zero-order valence-electron chi connectivity index (χ0n) is 15.1. The highest BCUT2D eigenvalue weighted by Gasteiger charge is 2.17. The van der Waals surface area contributed by atoms with Crippen LogP contribution in [0.15, 0.2) is 55.2 Å². The molecule has 3 heterocycles. The summed E-state index contributed by atoms with van der Waals surface area (Å²) in [5.41, 5.74) is 2.79. The van der Waals surface area contributed by atoms with Gasteiger partial charge < -0.3 is 5.32 Å². The minimum Gasteiger partial charge on any atom is -0.342 e. The summed E-state index contributed by atoms with van der Waals surface area (Å²) in [5, 5.41) is 7.08. The topological polar surface area (TPSA) is 90.5 Å². The van der Waals surface area contributed by atoms with E-state index in [9.17, 15) is 4.79 Å². The van der Waals surface area contributed by atoms with Crippen LogP contribution in [0.25, 0.3) is 16.9 Å². The minimum atomic E-state index is -0.266. The van der Waals surface area contributed by atoms with E-state index in [4.69, 9.17) is 0 Å². The first kappa shape index (κ1) is 16.9. The molecule has 1 aromatic carbocycles. The lowest BCUT2D eigenvalue weighted by molar-refractivity contribution is 0.0937. The van der Waals surface area contributed by atoms with Crippen molar-refractivity contribution in [2.24, 2.45) is 0 Å². The Morgan fingerprint density at radius 2 is 2.00 bits per heavy atom. The second-order valence-corrected chi connectivity index (χ2v) is 6.15. The van der Waals surface area contributed by atoms with Crippen molar-refractivity contribution >= 4 is 17.1 Å². The summed E-state index contributed by atoms with van der Waals surface area (Å²) in [6.45, 7) is 4.55. The van der Waals surface area contributed by atoms with Crippen LogP contribution in [-0.4, -0.2) is 35.2 Å². The number of benzene rings is 1. The molecule has 0 aliphatic rings. The maximum absolute atomic E-state index is 12.6. The lowest BCUT2D eigenvalue weighted by Crippen LogP contribution is -2.29. The average molecular weight is 361 g/mol. The van der Waals surface area contributed by atoms with Gasteiger partial charge in [0.1, 0.15) is 24.0 Å². The summed E-state index contributed by atoms with van der Waals surface area (Å²) in [6, 6.07) is 11.3. The number of aryl methyl sites for hydroxylation is 1. The molecule has 3 aromatic heterocycles. The van der Waals surface area contributed by atoms with Crippen molar-refractivity contribution < 1.29 is 4.79 Å². The molecule has 0 saturated carbocycles. The summed E-state index contributed by atoms with van der Waals surface area (Å²) in [7, 11) is 0. The number of fused-ring (bicyclic) bond motifs is 1. The van der Waals surface area contributed by atoms with Gasteiger partial charge in [0.05, 0.1) is 11.6 Å². The molecule has 0 fully saturated rings. The summed E-state index contributed by atoms with van der Waals surface area (Å²) in [4.78, 5) is 25.7. The monoisotopic (exact) mass is 361 g/mol. The fourth-order valence-corrected chi connectivity index (χ4v) is 3.00. The number of amides is 1. The summed E-state index contributed by atoms with van der Waals surface area (Å²) >= 11 is 0. The molecule has 1 unspecified atom stereocenters. The van der Waals surface area contributed by atoms with E-state index >= 15 is 0 Å². The maximum Gasteiger partial charge on any atom is 0.253 e. The molecule has 136 valence electrons. The van der Waals surface area contributed by atoms with Gasteiger partial charge in [0.2, 0.25) is 0 Å². The Labute approximate surface area is 155 Å². The lowest BCUT2D eigenvalue weighted by Gasteiger charge is -2.13. The predicted molar refractivity (Wildman–Crippen MR) is 100 cm³/mol. The Balaban J connectivity index is 1.58. The average Bonchev–Trinajstić information content (AvgIpc) is 3.34. The summed E-state index contributed by atoms with van der Waals surface area (Å²) in [6.07, 6.45) is 4.77. The van der Waals surface area contributed by atoms with Crippen molar-refractivity contribution in [3.8, 4) is 5.69 Å². The number of hydrogen-bond donors (Lipinski definition) is 1. The third-order valence-electron chi connectivity index (χ3n) is 4.36. The first-order chi connectivity index (χ1) is 13.2. The molecule has 0 aliphatic heterocycles. The largest absolute Gasteiger partial charge is 0.342 e. The van der Waals surface area contributed by atoms with Gasteiger partial charge in [-0.2, -0.15) is 5.10 Å². The number of para-hydroxylation sites is 1. The van der Waals surface area contributed by atoms with Crippen molar-refractivity contribution in [2.75, 3.05) is 0 Å². The quantitative estimate of drug-likeness (QED) is 0.590. The van der Waals surface area contributed by atoms with Gasteiger partial charge in [0, 0.05) is 18.4 Å². The van der Waals surface area contributed by atoms with Crippen LogP contribution in [0.2, 0.25) is 0 Å². The third kappa shape index (κ3) is 3.17. The molecule has 0 saturated heterocycles. The number of rotatable bonds is 5. The summed E-state index contributed by atoms with van der Waals surface area (Å²) in [5.74, 6) is 0.491. The third-order valence-corrected chi connectivity index (χ3v) is 4.36. The Hall–Kier alpha value is -3.55. The first-order valence-corrected chi connectivity index (χ1v) is 8.74. The number of nitrogens with zero attached hydrogens (tertiary/aromatic N) is 6. The van der Waals surface area contributed by atoms with Gasteiger partial charge in [-0.05, 0) is 32.0 Å². The second-order valence-electron chi connectivity index (χ2n) is 6.15. The molecular formula is C19H19N7O. The highest BCUT2D eigenvalue weighted by Crippen LogP contribution is 2.17. The smallest absolute Gasteiger partial charge is 0.253 e. The Bertz CT molecular complexity index is 1080. The van der Waals surface area contributed by atoms with Gasteiger partial charge >= 0.3 is 0 Å². The number of carbonyl (C=O) groups excluding carboxylic acids is 1. The lowest BCUT2D eigenvalue weighted by atomic mass is 10.2. The number of aromatic nitrogens is 6. The van der Waals surface area contributed by atoms with Crippen molar-refractivity contribution in [1.82, 2.24) is 34.6 Å². The van der Waals surface area contributed by atoms with E-state index in [0.29, 0.717) is 29.1 Å². The highest BCUT2D eigenvalue weighted by molar-refractivity contribution is 5.96. The Morgan fingerprint density at radius 1 is 1.19 bits per heavy atom. The fraction of sp³-hybridized carbons (Fsp3) is 0.211. The van der Waals surface area contributed by atoms with Crippen LogP contribution in [0, 0.1) is 0 Å². The van der Waals surface area contributed by atoms with E-state index in [1.54, 1.807) is 23.3 Å². The van der Waals surface area contributed by atoms with E-state index in [2.05, 4.69) is 25.4 Å². The number of imidazole rings is 1. The van der Waals surface area contributed by atoms with Crippen LogP contribution in [-0.2, 0) is 6.54 Å². The van der Waals surface area contributed by atoms with Crippen molar-refractivity contribution in [1.29, 1.82) is 0 Å². The van der Waals surface area contributed by atoms with Gasteiger partial charge in [-0.25, -0.2) is 19.6 Å². The molecule has 8 nitrogen and oxygen atoms in total. The second kappa shape index (κ2) is 6.99. The standard InChI is InChI=1S/C19H19N7O/c1-3-26-17(21-11-23-26)13(2)24-19(27)14-9-16-18(20-10-14)25(12-22-16)15-7-5-4-6-8-15/h4-13H,3H2,1-2H3,(H,24,27). The zero-order valence-corrected chi connectivity index (χ0v) is 15.1. The Morgan fingerprint density at radius 3 is 2.78 bits per heavy atom. The van der Waals surface area contributed by atoms with Gasteiger partial charge in [-0.15, -0.1) is 0 Å². The molecule has 0 aliphatic carbocycles. The number of nitrogens with one attached hydrogen (secondary N) is 1. The minimum absolute atomic E-state index is 0.225. The van der Waals surface area contributed by atoms with E-state index in [0.717, 1.165) is 5.69 Å². The maximum atomic E-state index is 12.6. The fourth-order valence-electron chi connectivity index (χ4n) is 3.00. The van der Waals surface area contributed by atoms with E-state index in [1.165, 1.54) is 6.33 Å². The van der Waals surface area contributed by atoms with Crippen LogP contribution in [0.5, 0.6) is 0 Å². The van der Waals surface area contributed by atoms with Gasteiger partial charge in [0.25, 0.3) is 5.91 Å². The van der Waals surface area contributed by atoms with E-state index in [1.807, 2.05) is 48.7 Å². The molecule has 4 aromatic rings. The molecule has 4 rings (SSSR count). The van der Waals surface area contributed by atoms with Crippen LogP contribution in [0.4, 0.5) is 0 Å². The molecule has 0 bridgehead atoms. The molecule has 27 heavy (non-hydrogen) atoms. The summed E-state index contributed by atoms with van der Waals surface area (Å²) < 4.78 is 3.65. The number of pyridine rings is 1. The van der Waals surface area contributed by atoms with E-state index < -0.39 is 0 Å². The van der Waals surface area contributed by atoms with Crippen molar-refractivity contribution in [2.45, 2.75) is 26.4 Å². The molecule has 1 N–H and O–H groups in total. The molecule has 0 radical (unpaired) electrons. The number of carbonyl (C=O) groups is 1. The number of hydrogen-bond acceptors (Lipinski definition) is 5. The highest BCUT2D eigenvalue weighted by atomic mass is 16.1. The van der Waals surface area contributed by atoms with Crippen LogP contribution < -0.4 is 5.32 Å². The van der Waals surface area contributed by atoms with Gasteiger partial charge in [0.15, 0.2) is 5.65 Å². The normalized spacial score (nSPS) is 12.2. The molecule has 8 heteroatoms. The molecule has 0 spiro atoms. The Kier molecular flexibility index (Phi) is 4.37. The van der Waals surface area contributed by atoms with Crippen LogP contribution in [0.3, 0.4) is 0 Å². The van der Waals surface area contributed by atoms with Gasteiger partial charge in [-0.3, -0.25) is 9.36 Å². The molecule has 1 atom stereocenters. The van der Waals surface area contributed by atoms with Crippen LogP contribution in [0.1, 0.15) is 36.1 Å². The van der Waals surface area contributed by atoms with E-state index in [-0.39, 0.29) is 11.9 Å². The zero-order chi connectivity index (χ0) is 18.8. The first-order valence-electron chi connectivity index (χ1n) is 8.74. The SMILES string of the molecule is CCn1ncnc1C(C)NC(=O)c1cnc2c(c1)ncn2-c1ccccc1. The van der Waals surface area contributed by atoms with Crippen LogP contribution >= 0.6 is 0 Å². The predicted octanol–water partition coefficient (Wildman–Crippen LogP) is 2.52. The van der Waals surface area contributed by atoms with Gasteiger partial charge in [-0.1, -0.05) is 18.2 Å². The molecular weight excluding hydrogens is 342 g/mol. The van der Waals surface area contributed by atoms with Crippen molar-refractivity contribution in [3.63, 3.8) is 0 Å². The van der Waals surface area contributed by atoms with Crippen molar-refractivity contribution in [3.05, 3.63) is 66.6 Å². The molecule has 1 amide bonds.